The molecule has 6 nitrogen and oxygen atoms in total. The molecule has 3 rings (SSSR count). The van der Waals surface area contributed by atoms with Crippen molar-refractivity contribution in [1.29, 1.82) is 0 Å². The summed E-state index contributed by atoms with van der Waals surface area (Å²) in [6, 6.07) is 23.7. The summed E-state index contributed by atoms with van der Waals surface area (Å²) in [5.74, 6) is 0.238. The Balaban J connectivity index is 1.43. The van der Waals surface area contributed by atoms with E-state index in [1.807, 2.05) is 55.5 Å². The highest BCUT2D eigenvalue weighted by Crippen LogP contribution is 2.15. The standard InChI is InChI=1S/C25H22N2O4/c1-19-7-5-6-10-23(19)30-18-24(28)27-26-17-21-11-14-22(15-12-21)31-25(29)16-13-20-8-3-2-4-9-20/h2-17H,18H2,1H3,(H,27,28)/b16-13+,26-17+. The molecule has 0 aromatic heterocycles. The van der Waals surface area contributed by atoms with E-state index in [1.54, 1.807) is 36.4 Å². The molecule has 1 N–H and O–H groups in total. The smallest absolute Gasteiger partial charge is 0.336 e. The van der Waals surface area contributed by atoms with Crippen molar-refractivity contribution in [1.82, 2.24) is 5.43 Å². The van der Waals surface area contributed by atoms with E-state index in [-0.39, 0.29) is 12.5 Å². The summed E-state index contributed by atoms with van der Waals surface area (Å²) in [5, 5.41) is 3.91. The molecule has 156 valence electrons. The SMILES string of the molecule is Cc1ccccc1OCC(=O)N/N=C/c1ccc(OC(=O)/C=C/c2ccccc2)cc1. The van der Waals surface area contributed by atoms with Gasteiger partial charge in [-0.3, -0.25) is 4.79 Å². The first-order valence-electron chi connectivity index (χ1n) is 9.65. The molecule has 0 atom stereocenters. The summed E-state index contributed by atoms with van der Waals surface area (Å²) in [6.07, 6.45) is 4.56. The van der Waals surface area contributed by atoms with E-state index >= 15 is 0 Å². The average Bonchev–Trinajstić information content (AvgIpc) is 2.79. The monoisotopic (exact) mass is 414 g/mol. The molecule has 0 aliphatic rings. The van der Waals surface area contributed by atoms with Crippen molar-refractivity contribution in [3.05, 3.63) is 102 Å². The van der Waals surface area contributed by atoms with E-state index in [0.29, 0.717) is 11.5 Å². The van der Waals surface area contributed by atoms with Gasteiger partial charge in [-0.05, 0) is 60.0 Å². The van der Waals surface area contributed by atoms with Gasteiger partial charge in [0.05, 0.1) is 6.21 Å². The molecule has 0 aliphatic heterocycles. The zero-order chi connectivity index (χ0) is 21.9. The van der Waals surface area contributed by atoms with Crippen molar-refractivity contribution in [2.24, 2.45) is 5.10 Å². The van der Waals surface area contributed by atoms with Gasteiger partial charge in [0.1, 0.15) is 11.5 Å². The second-order valence-corrected chi connectivity index (χ2v) is 6.58. The Kier molecular flexibility index (Phi) is 7.71. The average molecular weight is 414 g/mol. The van der Waals surface area contributed by atoms with E-state index < -0.39 is 5.97 Å². The molecule has 0 spiro atoms. The number of amides is 1. The minimum absolute atomic E-state index is 0.131. The van der Waals surface area contributed by atoms with Crippen LogP contribution in [-0.4, -0.2) is 24.7 Å². The zero-order valence-electron chi connectivity index (χ0n) is 17.0. The number of carbonyl (C=O) groups excluding carboxylic acids is 2. The minimum Gasteiger partial charge on any atom is -0.483 e. The van der Waals surface area contributed by atoms with Crippen molar-refractivity contribution in [2.45, 2.75) is 6.92 Å². The summed E-state index contributed by atoms with van der Waals surface area (Å²) in [5.41, 5.74) is 5.01. The van der Waals surface area contributed by atoms with Crippen molar-refractivity contribution in [3.63, 3.8) is 0 Å². The highest BCUT2D eigenvalue weighted by atomic mass is 16.5. The van der Waals surface area contributed by atoms with Gasteiger partial charge in [0, 0.05) is 6.08 Å². The van der Waals surface area contributed by atoms with Crippen LogP contribution in [-0.2, 0) is 9.59 Å². The third-order valence-corrected chi connectivity index (χ3v) is 4.17. The molecule has 31 heavy (non-hydrogen) atoms. The first-order chi connectivity index (χ1) is 15.1. The number of benzene rings is 3. The number of hydrazone groups is 1. The van der Waals surface area contributed by atoms with Gasteiger partial charge in [0.25, 0.3) is 5.91 Å². The third-order valence-electron chi connectivity index (χ3n) is 4.17. The van der Waals surface area contributed by atoms with E-state index in [1.165, 1.54) is 12.3 Å². The molecule has 0 bridgehead atoms. The van der Waals surface area contributed by atoms with Gasteiger partial charge in [-0.15, -0.1) is 0 Å². The molecule has 0 saturated heterocycles. The second kappa shape index (κ2) is 11.1. The number of esters is 1. The number of nitrogens with one attached hydrogen (secondary N) is 1. The zero-order valence-corrected chi connectivity index (χ0v) is 17.0. The largest absolute Gasteiger partial charge is 0.483 e. The van der Waals surface area contributed by atoms with Crippen LogP contribution in [0, 0.1) is 6.92 Å². The number of nitrogens with zero attached hydrogens (tertiary/aromatic N) is 1. The highest BCUT2D eigenvalue weighted by Gasteiger charge is 2.03. The van der Waals surface area contributed by atoms with E-state index in [9.17, 15) is 9.59 Å². The fourth-order valence-electron chi connectivity index (χ4n) is 2.57. The maximum absolute atomic E-state index is 11.9. The molecule has 0 heterocycles. The molecule has 0 saturated carbocycles. The van der Waals surface area contributed by atoms with Crippen LogP contribution in [0.15, 0.2) is 90.0 Å². The van der Waals surface area contributed by atoms with Crippen molar-refractivity contribution >= 4 is 24.2 Å². The van der Waals surface area contributed by atoms with Gasteiger partial charge in [0.15, 0.2) is 6.61 Å². The van der Waals surface area contributed by atoms with Crippen molar-refractivity contribution in [3.8, 4) is 11.5 Å². The molecule has 0 aliphatic carbocycles. The topological polar surface area (TPSA) is 77.0 Å². The number of aryl methyl sites for hydroxylation is 1. The Hall–Kier alpha value is -4.19. The minimum atomic E-state index is -0.466. The summed E-state index contributed by atoms with van der Waals surface area (Å²) in [7, 11) is 0. The van der Waals surface area contributed by atoms with Crippen LogP contribution in [0.5, 0.6) is 11.5 Å². The second-order valence-electron chi connectivity index (χ2n) is 6.58. The molecule has 3 aromatic rings. The fourth-order valence-corrected chi connectivity index (χ4v) is 2.57. The van der Waals surface area contributed by atoms with Crippen LogP contribution in [0.25, 0.3) is 6.08 Å². The lowest BCUT2D eigenvalue weighted by molar-refractivity contribution is -0.129. The summed E-state index contributed by atoms with van der Waals surface area (Å²) in [4.78, 5) is 23.8. The number of para-hydroxylation sites is 1. The molecule has 1 amide bonds. The van der Waals surface area contributed by atoms with Gasteiger partial charge in [-0.25, -0.2) is 10.2 Å². The van der Waals surface area contributed by atoms with Crippen LogP contribution >= 0.6 is 0 Å². The van der Waals surface area contributed by atoms with Crippen LogP contribution < -0.4 is 14.9 Å². The maximum atomic E-state index is 11.9. The summed E-state index contributed by atoms with van der Waals surface area (Å²) >= 11 is 0. The van der Waals surface area contributed by atoms with Crippen LogP contribution in [0.4, 0.5) is 0 Å². The number of hydrogen-bond acceptors (Lipinski definition) is 5. The molecule has 0 fully saturated rings. The fraction of sp³-hybridized carbons (Fsp3) is 0.0800. The molecule has 0 unspecified atom stereocenters. The molecule has 3 aromatic carbocycles. The first-order valence-corrected chi connectivity index (χ1v) is 9.65. The molecule has 0 radical (unpaired) electrons. The highest BCUT2D eigenvalue weighted by molar-refractivity contribution is 5.89. The van der Waals surface area contributed by atoms with Crippen molar-refractivity contribution < 1.29 is 19.1 Å². The van der Waals surface area contributed by atoms with E-state index in [2.05, 4.69) is 10.5 Å². The quantitative estimate of drug-likeness (QED) is 0.198. The maximum Gasteiger partial charge on any atom is 0.336 e. The Bertz CT molecular complexity index is 1070. The van der Waals surface area contributed by atoms with Crippen LogP contribution in [0.2, 0.25) is 0 Å². The van der Waals surface area contributed by atoms with Gasteiger partial charge in [0.2, 0.25) is 0 Å². The normalized spacial score (nSPS) is 10.9. The van der Waals surface area contributed by atoms with Crippen molar-refractivity contribution in [2.75, 3.05) is 6.61 Å². The Morgan fingerprint density at radius 3 is 2.35 bits per heavy atom. The summed E-state index contributed by atoms with van der Waals surface area (Å²) in [6.45, 7) is 1.78. The van der Waals surface area contributed by atoms with E-state index in [0.717, 1.165) is 16.7 Å². The van der Waals surface area contributed by atoms with E-state index in [4.69, 9.17) is 9.47 Å². The van der Waals surface area contributed by atoms with Gasteiger partial charge in [-0.1, -0.05) is 48.5 Å². The van der Waals surface area contributed by atoms with Crippen LogP contribution in [0.3, 0.4) is 0 Å². The lowest BCUT2D eigenvalue weighted by Crippen LogP contribution is -2.24. The van der Waals surface area contributed by atoms with Crippen LogP contribution in [0.1, 0.15) is 16.7 Å². The number of carbonyl (C=O) groups is 2. The number of rotatable bonds is 8. The molecule has 6 heteroatoms. The predicted molar refractivity (Wildman–Crippen MR) is 120 cm³/mol. The molecular formula is C25H22N2O4. The Morgan fingerprint density at radius 2 is 1.61 bits per heavy atom. The number of hydrogen-bond donors (Lipinski definition) is 1. The number of ether oxygens (including phenoxy) is 2. The summed E-state index contributed by atoms with van der Waals surface area (Å²) < 4.78 is 10.7. The lowest BCUT2D eigenvalue weighted by atomic mass is 10.2. The Labute approximate surface area is 180 Å². The van der Waals surface area contributed by atoms with Gasteiger partial charge in [-0.2, -0.15) is 5.10 Å². The third kappa shape index (κ3) is 7.29. The molecular weight excluding hydrogens is 392 g/mol. The first kappa shape index (κ1) is 21.5. The lowest BCUT2D eigenvalue weighted by Gasteiger charge is -2.07. The Morgan fingerprint density at radius 1 is 0.903 bits per heavy atom. The van der Waals surface area contributed by atoms with Gasteiger partial charge < -0.3 is 9.47 Å². The predicted octanol–water partition coefficient (Wildman–Crippen LogP) is 4.14. The van der Waals surface area contributed by atoms with Gasteiger partial charge >= 0.3 is 5.97 Å².